The zero-order chi connectivity index (χ0) is 13.3. The predicted octanol–water partition coefficient (Wildman–Crippen LogP) is 3.81. The first-order valence-electron chi connectivity index (χ1n) is 6.02. The van der Waals surface area contributed by atoms with Crippen LogP contribution in [-0.4, -0.2) is 16.9 Å². The van der Waals surface area contributed by atoms with Crippen LogP contribution in [0.25, 0.3) is 0 Å². The van der Waals surface area contributed by atoms with E-state index < -0.39 is 0 Å². The number of hydrogen-bond acceptors (Lipinski definition) is 2. The van der Waals surface area contributed by atoms with Crippen molar-refractivity contribution in [1.29, 1.82) is 0 Å². The van der Waals surface area contributed by atoms with Gasteiger partial charge in [-0.2, -0.15) is 0 Å². The number of halogens is 2. The minimum atomic E-state index is -0.145. The Morgan fingerprint density at radius 2 is 2.33 bits per heavy atom. The molecule has 3 nitrogen and oxygen atoms in total. The number of aromatic nitrogens is 1. The lowest BCUT2D eigenvalue weighted by atomic mass is 9.87. The van der Waals surface area contributed by atoms with Gasteiger partial charge in [0.05, 0.1) is 5.56 Å². The molecule has 1 aliphatic rings. The fourth-order valence-electron chi connectivity index (χ4n) is 2.41. The van der Waals surface area contributed by atoms with E-state index in [9.17, 15) is 4.79 Å². The van der Waals surface area contributed by atoms with Crippen LogP contribution < -0.4 is 5.32 Å². The van der Waals surface area contributed by atoms with Crippen LogP contribution in [0.5, 0.6) is 0 Å². The molecular formula is C13H16BrClN2O. The lowest BCUT2D eigenvalue weighted by Gasteiger charge is -2.27. The second-order valence-corrected chi connectivity index (χ2v) is 6.67. The van der Waals surface area contributed by atoms with E-state index in [1.807, 2.05) is 0 Å². The molecule has 1 unspecified atom stereocenters. The first-order chi connectivity index (χ1) is 8.40. The molecule has 1 atom stereocenters. The highest BCUT2D eigenvalue weighted by atomic mass is 79.9. The van der Waals surface area contributed by atoms with Crippen LogP contribution >= 0.6 is 27.5 Å². The lowest BCUT2D eigenvalue weighted by molar-refractivity contribution is 0.0909. The number of carbonyl (C=O) groups excluding carboxylic acids is 1. The fraction of sp³-hybridized carbons (Fsp3) is 0.538. The number of carbonyl (C=O) groups is 1. The van der Waals surface area contributed by atoms with Crippen LogP contribution in [0.3, 0.4) is 0 Å². The molecule has 1 aliphatic carbocycles. The summed E-state index contributed by atoms with van der Waals surface area (Å²) in [5.74, 6) is -0.145. The van der Waals surface area contributed by atoms with Crippen molar-refractivity contribution in [3.63, 3.8) is 0 Å². The molecule has 0 aromatic carbocycles. The van der Waals surface area contributed by atoms with Gasteiger partial charge in [-0.3, -0.25) is 4.79 Å². The standard InChI is InChI=1S/C13H16BrClN2O/c1-13(2)5-3-4-10(13)17-12(18)9-6-8(14)7-16-11(9)15/h6-7,10H,3-5H2,1-2H3,(H,17,18). The van der Waals surface area contributed by atoms with Gasteiger partial charge in [-0.25, -0.2) is 4.98 Å². The molecule has 0 spiro atoms. The Bertz CT molecular complexity index is 476. The molecule has 1 N–H and O–H groups in total. The van der Waals surface area contributed by atoms with Crippen molar-refractivity contribution in [3.8, 4) is 0 Å². The number of rotatable bonds is 2. The molecule has 1 fully saturated rings. The third-order valence-electron chi connectivity index (χ3n) is 3.61. The van der Waals surface area contributed by atoms with Crippen molar-refractivity contribution < 1.29 is 4.79 Å². The van der Waals surface area contributed by atoms with E-state index >= 15 is 0 Å². The molecule has 98 valence electrons. The Kier molecular flexibility index (Phi) is 3.97. The first kappa shape index (κ1) is 13.8. The van der Waals surface area contributed by atoms with E-state index in [4.69, 9.17) is 11.6 Å². The molecule has 5 heteroatoms. The van der Waals surface area contributed by atoms with Crippen molar-refractivity contribution in [2.45, 2.75) is 39.2 Å². The van der Waals surface area contributed by atoms with Crippen molar-refractivity contribution >= 4 is 33.4 Å². The van der Waals surface area contributed by atoms with Crippen LogP contribution in [0, 0.1) is 5.41 Å². The molecule has 1 heterocycles. The number of hydrogen-bond donors (Lipinski definition) is 1. The van der Waals surface area contributed by atoms with Crippen LogP contribution in [0.15, 0.2) is 16.7 Å². The van der Waals surface area contributed by atoms with Gasteiger partial charge in [0.2, 0.25) is 0 Å². The van der Waals surface area contributed by atoms with Crippen molar-refractivity contribution in [3.05, 3.63) is 27.5 Å². The van der Waals surface area contributed by atoms with Crippen LogP contribution in [0.1, 0.15) is 43.5 Å². The Morgan fingerprint density at radius 1 is 1.61 bits per heavy atom. The van der Waals surface area contributed by atoms with Gasteiger partial charge in [0.1, 0.15) is 5.15 Å². The number of amides is 1. The molecule has 1 amide bonds. The van der Waals surface area contributed by atoms with Gasteiger partial charge >= 0.3 is 0 Å². The smallest absolute Gasteiger partial charge is 0.254 e. The Labute approximate surface area is 120 Å². The molecule has 1 aromatic heterocycles. The molecule has 18 heavy (non-hydrogen) atoms. The summed E-state index contributed by atoms with van der Waals surface area (Å²) in [5, 5.41) is 3.31. The zero-order valence-electron chi connectivity index (χ0n) is 10.5. The monoisotopic (exact) mass is 330 g/mol. The van der Waals surface area contributed by atoms with Gasteiger partial charge in [0.15, 0.2) is 0 Å². The SMILES string of the molecule is CC1(C)CCCC1NC(=O)c1cc(Br)cnc1Cl. The topological polar surface area (TPSA) is 42.0 Å². The summed E-state index contributed by atoms with van der Waals surface area (Å²) in [6.07, 6.45) is 4.90. The quantitative estimate of drug-likeness (QED) is 0.837. The third-order valence-corrected chi connectivity index (χ3v) is 4.35. The Morgan fingerprint density at radius 3 is 2.94 bits per heavy atom. The summed E-state index contributed by atoms with van der Waals surface area (Å²) >= 11 is 9.25. The summed E-state index contributed by atoms with van der Waals surface area (Å²) in [5.41, 5.74) is 0.579. The Hall–Kier alpha value is -0.610. The van der Waals surface area contributed by atoms with Crippen molar-refractivity contribution in [2.75, 3.05) is 0 Å². The molecule has 0 aliphatic heterocycles. The average molecular weight is 332 g/mol. The highest BCUT2D eigenvalue weighted by Crippen LogP contribution is 2.37. The van der Waals surface area contributed by atoms with Crippen molar-refractivity contribution in [1.82, 2.24) is 10.3 Å². The Balaban J connectivity index is 2.15. The van der Waals surface area contributed by atoms with E-state index in [-0.39, 0.29) is 22.5 Å². The molecule has 1 aromatic rings. The predicted molar refractivity (Wildman–Crippen MR) is 75.8 cm³/mol. The van der Waals surface area contributed by atoms with Gasteiger partial charge in [-0.15, -0.1) is 0 Å². The van der Waals surface area contributed by atoms with Crippen LogP contribution in [-0.2, 0) is 0 Å². The van der Waals surface area contributed by atoms with Gasteiger partial charge in [-0.1, -0.05) is 31.9 Å². The van der Waals surface area contributed by atoms with Crippen molar-refractivity contribution in [2.24, 2.45) is 5.41 Å². The lowest BCUT2D eigenvalue weighted by Crippen LogP contribution is -2.41. The summed E-state index contributed by atoms with van der Waals surface area (Å²) < 4.78 is 0.753. The van der Waals surface area contributed by atoms with E-state index in [0.29, 0.717) is 5.56 Å². The largest absolute Gasteiger partial charge is 0.349 e. The fourth-order valence-corrected chi connectivity index (χ4v) is 2.93. The highest BCUT2D eigenvalue weighted by molar-refractivity contribution is 9.10. The summed E-state index contributed by atoms with van der Waals surface area (Å²) in [6.45, 7) is 4.37. The van der Waals surface area contributed by atoms with E-state index in [2.05, 4.69) is 40.1 Å². The van der Waals surface area contributed by atoms with Crippen LogP contribution in [0.4, 0.5) is 0 Å². The third kappa shape index (κ3) is 2.86. The summed E-state index contributed by atoms with van der Waals surface area (Å²) in [7, 11) is 0. The van der Waals surface area contributed by atoms with Crippen LogP contribution in [0.2, 0.25) is 5.15 Å². The minimum Gasteiger partial charge on any atom is -0.349 e. The second kappa shape index (κ2) is 5.17. The normalized spacial score (nSPS) is 21.9. The van der Waals surface area contributed by atoms with Gasteiger partial charge in [0, 0.05) is 16.7 Å². The maximum absolute atomic E-state index is 12.2. The maximum atomic E-state index is 12.2. The molecular weight excluding hydrogens is 316 g/mol. The first-order valence-corrected chi connectivity index (χ1v) is 7.19. The second-order valence-electron chi connectivity index (χ2n) is 5.40. The molecule has 2 rings (SSSR count). The highest BCUT2D eigenvalue weighted by Gasteiger charge is 2.35. The molecule has 0 radical (unpaired) electrons. The molecule has 1 saturated carbocycles. The van der Waals surface area contributed by atoms with E-state index in [1.54, 1.807) is 12.3 Å². The van der Waals surface area contributed by atoms with E-state index in [0.717, 1.165) is 23.7 Å². The number of nitrogens with one attached hydrogen (secondary N) is 1. The van der Waals surface area contributed by atoms with E-state index in [1.165, 1.54) is 0 Å². The zero-order valence-corrected chi connectivity index (χ0v) is 12.8. The number of nitrogens with zero attached hydrogens (tertiary/aromatic N) is 1. The molecule has 0 bridgehead atoms. The minimum absolute atomic E-state index is 0.145. The van der Waals surface area contributed by atoms with Gasteiger partial charge < -0.3 is 5.32 Å². The average Bonchev–Trinajstić information content (AvgIpc) is 2.62. The maximum Gasteiger partial charge on any atom is 0.254 e. The summed E-state index contributed by atoms with van der Waals surface area (Å²) in [6, 6.07) is 1.91. The summed E-state index contributed by atoms with van der Waals surface area (Å²) in [4.78, 5) is 16.2. The number of pyridine rings is 1. The van der Waals surface area contributed by atoms with Gasteiger partial charge in [0.25, 0.3) is 5.91 Å². The molecule has 0 saturated heterocycles. The van der Waals surface area contributed by atoms with Gasteiger partial charge in [-0.05, 0) is 40.3 Å².